The number of carbonyl (C=O) groups is 1. The third-order valence-corrected chi connectivity index (χ3v) is 4.51. The summed E-state index contributed by atoms with van der Waals surface area (Å²) < 4.78 is 1.22. The zero-order valence-corrected chi connectivity index (χ0v) is 12.6. The number of ketones is 1. The molecule has 20 heavy (non-hydrogen) atoms. The van der Waals surface area contributed by atoms with Crippen LogP contribution < -0.4 is 0 Å². The highest BCUT2D eigenvalue weighted by Gasteiger charge is 2.11. The van der Waals surface area contributed by atoms with E-state index in [1.54, 1.807) is 17.4 Å². The zero-order valence-electron chi connectivity index (χ0n) is 11.0. The molecule has 3 rings (SSSR count). The minimum Gasteiger partial charge on any atom is -0.294 e. The van der Waals surface area contributed by atoms with Gasteiger partial charge in [-0.15, -0.1) is 11.3 Å². The van der Waals surface area contributed by atoms with E-state index in [0.29, 0.717) is 17.0 Å². The maximum absolute atomic E-state index is 12.4. The van der Waals surface area contributed by atoms with Gasteiger partial charge in [0.15, 0.2) is 5.78 Å². The monoisotopic (exact) mass is 300 g/mol. The van der Waals surface area contributed by atoms with E-state index < -0.39 is 0 Å². The van der Waals surface area contributed by atoms with Crippen LogP contribution in [-0.2, 0) is 6.42 Å². The predicted octanol–water partition coefficient (Wildman–Crippen LogP) is 5.29. The van der Waals surface area contributed by atoms with Gasteiger partial charge in [-0.05, 0) is 53.1 Å². The molecular formula is C17H13ClOS. The number of halogens is 1. The summed E-state index contributed by atoms with van der Waals surface area (Å²) in [4.78, 5) is 12.4. The second kappa shape index (κ2) is 5.39. The Kier molecular flexibility index (Phi) is 3.60. The van der Waals surface area contributed by atoms with Crippen LogP contribution in [0, 0.1) is 6.92 Å². The number of fused-ring (bicyclic) bond motifs is 1. The molecule has 0 bridgehead atoms. The fourth-order valence-corrected chi connectivity index (χ4v) is 3.59. The van der Waals surface area contributed by atoms with Gasteiger partial charge in [-0.1, -0.05) is 29.8 Å². The highest BCUT2D eigenvalue weighted by Crippen LogP contribution is 2.27. The van der Waals surface area contributed by atoms with Gasteiger partial charge >= 0.3 is 0 Å². The summed E-state index contributed by atoms with van der Waals surface area (Å²) in [5.41, 5.74) is 2.79. The summed E-state index contributed by atoms with van der Waals surface area (Å²) in [5.74, 6) is 0.110. The second-order valence-corrected chi connectivity index (χ2v) is 6.22. The number of thiophene rings is 1. The van der Waals surface area contributed by atoms with Crippen molar-refractivity contribution in [1.29, 1.82) is 0 Å². The zero-order chi connectivity index (χ0) is 14.1. The Morgan fingerprint density at radius 2 is 2.00 bits per heavy atom. The Balaban J connectivity index is 1.92. The Labute approximate surface area is 126 Å². The van der Waals surface area contributed by atoms with E-state index in [-0.39, 0.29) is 5.78 Å². The molecule has 0 saturated carbocycles. The van der Waals surface area contributed by atoms with Gasteiger partial charge in [-0.3, -0.25) is 4.79 Å². The molecule has 100 valence electrons. The Morgan fingerprint density at radius 3 is 2.80 bits per heavy atom. The van der Waals surface area contributed by atoms with Gasteiger partial charge in [0.05, 0.1) is 0 Å². The van der Waals surface area contributed by atoms with Gasteiger partial charge in [0.1, 0.15) is 0 Å². The normalized spacial score (nSPS) is 10.9. The van der Waals surface area contributed by atoms with Crippen LogP contribution in [-0.4, -0.2) is 5.78 Å². The molecule has 1 aromatic heterocycles. The molecule has 1 nitrogen and oxygen atoms in total. The van der Waals surface area contributed by atoms with E-state index >= 15 is 0 Å². The molecule has 1 heterocycles. The Morgan fingerprint density at radius 1 is 1.20 bits per heavy atom. The van der Waals surface area contributed by atoms with E-state index in [1.807, 2.05) is 31.2 Å². The van der Waals surface area contributed by atoms with Crippen LogP contribution in [0.5, 0.6) is 0 Å². The first-order valence-electron chi connectivity index (χ1n) is 6.39. The number of aryl methyl sites for hydroxylation is 1. The Bertz CT molecular complexity index is 768. The predicted molar refractivity (Wildman–Crippen MR) is 86.0 cm³/mol. The molecule has 3 heteroatoms. The fourth-order valence-electron chi connectivity index (χ4n) is 2.34. The minimum absolute atomic E-state index is 0.110. The summed E-state index contributed by atoms with van der Waals surface area (Å²) in [6, 6.07) is 13.7. The van der Waals surface area contributed by atoms with Crippen molar-refractivity contribution in [2.45, 2.75) is 13.3 Å². The van der Waals surface area contributed by atoms with Crippen molar-refractivity contribution in [3.63, 3.8) is 0 Å². The first-order chi connectivity index (χ1) is 9.63. The smallest absolute Gasteiger partial charge is 0.167 e. The summed E-state index contributed by atoms with van der Waals surface area (Å²) in [6.07, 6.45) is 0.420. The van der Waals surface area contributed by atoms with Crippen molar-refractivity contribution in [2.24, 2.45) is 0 Å². The van der Waals surface area contributed by atoms with Crippen LogP contribution in [0.4, 0.5) is 0 Å². The highest BCUT2D eigenvalue weighted by molar-refractivity contribution is 7.17. The number of hydrogen-bond donors (Lipinski definition) is 0. The lowest BCUT2D eigenvalue weighted by Crippen LogP contribution is -2.03. The molecule has 2 aromatic carbocycles. The van der Waals surface area contributed by atoms with Crippen molar-refractivity contribution >= 4 is 38.8 Å². The quantitative estimate of drug-likeness (QED) is 0.601. The molecule has 0 atom stereocenters. The number of rotatable bonds is 3. The van der Waals surface area contributed by atoms with Gasteiger partial charge < -0.3 is 0 Å². The fraction of sp³-hybridized carbons (Fsp3) is 0.118. The van der Waals surface area contributed by atoms with Crippen LogP contribution in [0.3, 0.4) is 0 Å². The SMILES string of the molecule is Cc1cc(Cl)cc(C(=O)Cc2csc3ccccc23)c1. The van der Waals surface area contributed by atoms with E-state index in [1.165, 1.54) is 10.1 Å². The van der Waals surface area contributed by atoms with E-state index in [9.17, 15) is 4.79 Å². The largest absolute Gasteiger partial charge is 0.294 e. The molecule has 0 aliphatic rings. The molecular weight excluding hydrogens is 288 g/mol. The molecule has 3 aromatic rings. The lowest BCUT2D eigenvalue weighted by atomic mass is 10.0. The van der Waals surface area contributed by atoms with Crippen molar-refractivity contribution in [3.05, 3.63) is 69.6 Å². The van der Waals surface area contributed by atoms with E-state index in [4.69, 9.17) is 11.6 Å². The maximum atomic E-state index is 12.4. The van der Waals surface area contributed by atoms with E-state index in [2.05, 4.69) is 17.5 Å². The van der Waals surface area contributed by atoms with Crippen LogP contribution in [0.1, 0.15) is 21.5 Å². The number of Topliss-reactive ketones (excluding diaryl/α,β-unsaturated/α-hetero) is 1. The van der Waals surface area contributed by atoms with Gasteiger partial charge in [0.25, 0.3) is 0 Å². The standard InChI is InChI=1S/C17H13ClOS/c1-11-6-12(8-14(18)7-11)16(19)9-13-10-20-17-5-3-2-4-15(13)17/h2-8,10H,9H2,1H3. The summed E-state index contributed by atoms with van der Waals surface area (Å²) in [5, 5.41) is 3.85. The van der Waals surface area contributed by atoms with Crippen molar-refractivity contribution in [1.82, 2.24) is 0 Å². The average molecular weight is 301 g/mol. The lowest BCUT2D eigenvalue weighted by molar-refractivity contribution is 0.0993. The van der Waals surface area contributed by atoms with Gasteiger partial charge in [0.2, 0.25) is 0 Å². The van der Waals surface area contributed by atoms with Crippen LogP contribution >= 0.6 is 22.9 Å². The number of carbonyl (C=O) groups excluding carboxylic acids is 1. The topological polar surface area (TPSA) is 17.1 Å². The molecule has 0 spiro atoms. The van der Waals surface area contributed by atoms with Crippen LogP contribution in [0.25, 0.3) is 10.1 Å². The average Bonchev–Trinajstić information content (AvgIpc) is 2.81. The summed E-state index contributed by atoms with van der Waals surface area (Å²) >= 11 is 7.70. The molecule has 0 fully saturated rings. The minimum atomic E-state index is 0.110. The highest BCUT2D eigenvalue weighted by atomic mass is 35.5. The van der Waals surface area contributed by atoms with Gasteiger partial charge in [0, 0.05) is 21.7 Å². The Hall–Kier alpha value is -1.64. The first kappa shape index (κ1) is 13.3. The lowest BCUT2D eigenvalue weighted by Gasteiger charge is -2.03. The molecule has 0 radical (unpaired) electrons. The third kappa shape index (κ3) is 2.62. The molecule has 0 saturated heterocycles. The maximum Gasteiger partial charge on any atom is 0.167 e. The third-order valence-electron chi connectivity index (χ3n) is 3.28. The van der Waals surface area contributed by atoms with Gasteiger partial charge in [-0.25, -0.2) is 0 Å². The first-order valence-corrected chi connectivity index (χ1v) is 7.65. The van der Waals surface area contributed by atoms with Crippen LogP contribution in [0.2, 0.25) is 5.02 Å². The molecule has 0 aliphatic carbocycles. The van der Waals surface area contributed by atoms with E-state index in [0.717, 1.165) is 11.1 Å². The van der Waals surface area contributed by atoms with Crippen LogP contribution in [0.15, 0.2) is 47.8 Å². The molecule has 0 N–H and O–H groups in total. The van der Waals surface area contributed by atoms with Crippen molar-refractivity contribution < 1.29 is 4.79 Å². The van der Waals surface area contributed by atoms with Crippen molar-refractivity contribution in [3.8, 4) is 0 Å². The number of hydrogen-bond acceptors (Lipinski definition) is 2. The molecule has 0 unspecified atom stereocenters. The van der Waals surface area contributed by atoms with Gasteiger partial charge in [-0.2, -0.15) is 0 Å². The summed E-state index contributed by atoms with van der Waals surface area (Å²) in [7, 11) is 0. The molecule has 0 amide bonds. The second-order valence-electron chi connectivity index (χ2n) is 4.87. The summed E-state index contributed by atoms with van der Waals surface area (Å²) in [6.45, 7) is 1.95. The molecule has 0 aliphatic heterocycles. The number of benzene rings is 2. The van der Waals surface area contributed by atoms with Crippen molar-refractivity contribution in [2.75, 3.05) is 0 Å².